The molecule has 3 heterocycles. The zero-order valence-corrected chi connectivity index (χ0v) is 15.8. The van der Waals surface area contributed by atoms with Crippen molar-refractivity contribution in [2.75, 3.05) is 26.4 Å². The summed E-state index contributed by atoms with van der Waals surface area (Å²) >= 11 is 6.44. The minimum atomic E-state index is 0.214. The van der Waals surface area contributed by atoms with Crippen LogP contribution in [0.1, 0.15) is 0 Å². The van der Waals surface area contributed by atoms with Gasteiger partial charge >= 0.3 is 0 Å². The average molecular weight is 399 g/mol. The summed E-state index contributed by atoms with van der Waals surface area (Å²) in [6.07, 6.45) is 2.36. The molecule has 0 radical (unpaired) electrons. The molecule has 0 aliphatic carbocycles. The van der Waals surface area contributed by atoms with Gasteiger partial charge in [-0.25, -0.2) is 4.68 Å². The Bertz CT molecular complexity index is 965. The molecular formula is C21H19ClN2O4. The van der Waals surface area contributed by atoms with E-state index in [0.29, 0.717) is 18.2 Å². The van der Waals surface area contributed by atoms with Gasteiger partial charge in [-0.3, -0.25) is 0 Å². The van der Waals surface area contributed by atoms with E-state index in [1.54, 1.807) is 10.7 Å². The Labute approximate surface area is 167 Å². The van der Waals surface area contributed by atoms with E-state index < -0.39 is 0 Å². The molecule has 2 atom stereocenters. The van der Waals surface area contributed by atoms with Gasteiger partial charge in [0.05, 0.1) is 29.6 Å². The molecule has 2 aliphatic heterocycles. The highest BCUT2D eigenvalue weighted by molar-refractivity contribution is 6.32. The molecule has 0 spiro atoms. The van der Waals surface area contributed by atoms with Crippen LogP contribution < -0.4 is 9.47 Å². The average Bonchev–Trinajstić information content (AvgIpc) is 3.65. The summed E-state index contributed by atoms with van der Waals surface area (Å²) in [5.74, 6) is 1.55. The van der Waals surface area contributed by atoms with Crippen LogP contribution in [0.2, 0.25) is 5.02 Å². The van der Waals surface area contributed by atoms with Crippen LogP contribution >= 0.6 is 11.6 Å². The van der Waals surface area contributed by atoms with E-state index in [1.165, 1.54) is 0 Å². The van der Waals surface area contributed by atoms with Crippen LogP contribution in [0.4, 0.5) is 0 Å². The van der Waals surface area contributed by atoms with Gasteiger partial charge < -0.3 is 18.9 Å². The summed E-state index contributed by atoms with van der Waals surface area (Å²) in [5, 5.41) is 5.23. The maximum absolute atomic E-state index is 6.44. The number of epoxide rings is 2. The predicted octanol–water partition coefficient (Wildman–Crippen LogP) is 3.75. The number of nitrogens with zero attached hydrogens (tertiary/aromatic N) is 2. The Kier molecular flexibility index (Phi) is 4.68. The zero-order valence-electron chi connectivity index (χ0n) is 15.1. The van der Waals surface area contributed by atoms with E-state index in [4.69, 9.17) is 30.5 Å². The van der Waals surface area contributed by atoms with Crippen molar-refractivity contribution >= 4 is 11.6 Å². The molecule has 2 fully saturated rings. The minimum absolute atomic E-state index is 0.214. The Morgan fingerprint density at radius 3 is 2.21 bits per heavy atom. The molecular weight excluding hydrogens is 380 g/mol. The van der Waals surface area contributed by atoms with Crippen LogP contribution in [-0.2, 0) is 9.47 Å². The second-order valence-electron chi connectivity index (χ2n) is 6.82. The molecule has 2 aliphatic rings. The van der Waals surface area contributed by atoms with Gasteiger partial charge in [-0.2, -0.15) is 5.10 Å². The normalized spacial score (nSPS) is 20.0. The lowest BCUT2D eigenvalue weighted by molar-refractivity contribution is 0.263. The van der Waals surface area contributed by atoms with Crippen LogP contribution in [0.5, 0.6) is 11.5 Å². The number of benzene rings is 2. The van der Waals surface area contributed by atoms with Crippen molar-refractivity contribution in [3.63, 3.8) is 0 Å². The molecule has 5 rings (SSSR count). The molecule has 0 amide bonds. The van der Waals surface area contributed by atoms with Crippen LogP contribution in [0.25, 0.3) is 16.9 Å². The molecule has 2 aromatic carbocycles. The van der Waals surface area contributed by atoms with E-state index in [9.17, 15) is 0 Å². The van der Waals surface area contributed by atoms with Crippen molar-refractivity contribution in [1.82, 2.24) is 9.78 Å². The Morgan fingerprint density at radius 1 is 0.929 bits per heavy atom. The number of ether oxygens (including phenoxy) is 4. The van der Waals surface area contributed by atoms with E-state index in [0.717, 1.165) is 41.7 Å². The molecule has 0 N–H and O–H groups in total. The highest BCUT2D eigenvalue weighted by Crippen LogP contribution is 2.28. The number of halogens is 1. The molecule has 1 aromatic heterocycles. The highest BCUT2D eigenvalue weighted by atomic mass is 35.5. The number of hydrogen-bond acceptors (Lipinski definition) is 5. The van der Waals surface area contributed by atoms with Crippen molar-refractivity contribution < 1.29 is 18.9 Å². The van der Waals surface area contributed by atoms with Gasteiger partial charge in [-0.15, -0.1) is 0 Å². The van der Waals surface area contributed by atoms with Crippen LogP contribution in [-0.4, -0.2) is 48.4 Å². The molecule has 7 heteroatoms. The maximum Gasteiger partial charge on any atom is 0.121 e. The second kappa shape index (κ2) is 7.47. The van der Waals surface area contributed by atoms with E-state index >= 15 is 0 Å². The van der Waals surface area contributed by atoms with Crippen LogP contribution in [0.3, 0.4) is 0 Å². The third-order valence-electron chi connectivity index (χ3n) is 4.58. The smallest absolute Gasteiger partial charge is 0.121 e. The molecule has 2 unspecified atom stereocenters. The summed E-state index contributed by atoms with van der Waals surface area (Å²) < 4.78 is 23.4. The van der Waals surface area contributed by atoms with Gasteiger partial charge in [0.25, 0.3) is 0 Å². The fourth-order valence-corrected chi connectivity index (χ4v) is 3.06. The number of aromatic nitrogens is 2. The molecule has 144 valence electrons. The topological polar surface area (TPSA) is 61.3 Å². The van der Waals surface area contributed by atoms with Crippen molar-refractivity contribution in [2.45, 2.75) is 12.2 Å². The van der Waals surface area contributed by atoms with Crippen LogP contribution in [0.15, 0.2) is 54.7 Å². The lowest BCUT2D eigenvalue weighted by atomic mass is 10.1. The van der Waals surface area contributed by atoms with E-state index in [-0.39, 0.29) is 12.2 Å². The standard InChI is InChI=1S/C21H19ClN2O4/c22-19-9-16(26-11-18-13-28-18)5-6-21(19)24-8-7-20(23-24)14-1-3-15(4-2-14)25-10-17-12-27-17/h1-9,17-18H,10-13H2. The molecule has 2 saturated heterocycles. The lowest BCUT2D eigenvalue weighted by Gasteiger charge is -2.08. The number of rotatable bonds is 8. The summed E-state index contributed by atoms with van der Waals surface area (Å²) in [6, 6.07) is 15.4. The quantitative estimate of drug-likeness (QED) is 0.541. The van der Waals surface area contributed by atoms with Gasteiger partial charge in [-0.1, -0.05) is 11.6 Å². The van der Waals surface area contributed by atoms with Gasteiger partial charge in [-0.05, 0) is 42.5 Å². The summed E-state index contributed by atoms with van der Waals surface area (Å²) in [6.45, 7) is 2.71. The first-order chi connectivity index (χ1) is 13.7. The summed E-state index contributed by atoms with van der Waals surface area (Å²) in [7, 11) is 0. The van der Waals surface area contributed by atoms with Gasteiger partial charge in [0.15, 0.2) is 0 Å². The Balaban J connectivity index is 1.28. The summed E-state index contributed by atoms with van der Waals surface area (Å²) in [5.41, 5.74) is 2.67. The largest absolute Gasteiger partial charge is 0.491 e. The van der Waals surface area contributed by atoms with E-state index in [2.05, 4.69) is 5.10 Å². The SMILES string of the molecule is Clc1cc(OCC2CO2)ccc1-n1ccc(-c2ccc(OCC3CO3)cc2)n1. The number of hydrogen-bond donors (Lipinski definition) is 0. The van der Waals surface area contributed by atoms with Crippen molar-refractivity contribution in [2.24, 2.45) is 0 Å². The molecule has 0 bridgehead atoms. The first-order valence-electron chi connectivity index (χ1n) is 9.19. The third kappa shape index (κ3) is 4.14. The van der Waals surface area contributed by atoms with Gasteiger partial charge in [0.1, 0.15) is 36.9 Å². The van der Waals surface area contributed by atoms with Crippen molar-refractivity contribution in [3.05, 3.63) is 59.8 Å². The molecule has 28 heavy (non-hydrogen) atoms. The monoisotopic (exact) mass is 398 g/mol. The first-order valence-corrected chi connectivity index (χ1v) is 9.57. The van der Waals surface area contributed by atoms with E-state index in [1.807, 2.05) is 48.7 Å². The first kappa shape index (κ1) is 17.6. The van der Waals surface area contributed by atoms with Gasteiger partial charge in [0.2, 0.25) is 0 Å². The fraction of sp³-hybridized carbons (Fsp3) is 0.286. The predicted molar refractivity (Wildman–Crippen MR) is 104 cm³/mol. The third-order valence-corrected chi connectivity index (χ3v) is 4.88. The Hall–Kier alpha value is -2.54. The summed E-state index contributed by atoms with van der Waals surface area (Å²) in [4.78, 5) is 0. The van der Waals surface area contributed by atoms with Gasteiger partial charge in [0, 0.05) is 17.8 Å². The minimum Gasteiger partial charge on any atom is -0.491 e. The van der Waals surface area contributed by atoms with Crippen molar-refractivity contribution in [3.8, 4) is 28.4 Å². The second-order valence-corrected chi connectivity index (χ2v) is 7.22. The highest BCUT2D eigenvalue weighted by Gasteiger charge is 2.23. The fourth-order valence-electron chi connectivity index (χ4n) is 2.80. The van der Waals surface area contributed by atoms with Crippen molar-refractivity contribution in [1.29, 1.82) is 0 Å². The molecule has 6 nitrogen and oxygen atoms in total. The van der Waals surface area contributed by atoms with Crippen LogP contribution in [0, 0.1) is 0 Å². The molecule has 3 aromatic rings. The lowest BCUT2D eigenvalue weighted by Crippen LogP contribution is -2.04. The maximum atomic E-state index is 6.44. The Morgan fingerprint density at radius 2 is 1.57 bits per heavy atom. The zero-order chi connectivity index (χ0) is 18.9. The molecule has 0 saturated carbocycles.